The Morgan fingerprint density at radius 1 is 1.26 bits per heavy atom. The summed E-state index contributed by atoms with van der Waals surface area (Å²) in [6, 6.07) is 3.81. The molecule has 0 amide bonds. The molecule has 0 spiro atoms. The number of aromatic amines is 1. The number of nitrogen functional groups attached to an aromatic ring is 1. The highest BCUT2D eigenvalue weighted by Gasteiger charge is 2.19. The van der Waals surface area contributed by atoms with Gasteiger partial charge in [0.2, 0.25) is 5.95 Å². The molecule has 0 bridgehead atoms. The van der Waals surface area contributed by atoms with Crippen molar-refractivity contribution in [2.45, 2.75) is 65.7 Å². The zero-order valence-electron chi connectivity index (χ0n) is 14.8. The van der Waals surface area contributed by atoms with Gasteiger partial charge in [0.15, 0.2) is 5.82 Å². The molecule has 0 aromatic carbocycles. The molecule has 23 heavy (non-hydrogen) atoms. The summed E-state index contributed by atoms with van der Waals surface area (Å²) in [6.45, 7) is 8.25. The van der Waals surface area contributed by atoms with Crippen LogP contribution in [-0.2, 0) is 0 Å². The van der Waals surface area contributed by atoms with E-state index in [0.717, 1.165) is 5.82 Å². The van der Waals surface area contributed by atoms with E-state index in [4.69, 9.17) is 5.73 Å². The Morgan fingerprint density at radius 3 is 2.52 bits per heavy atom. The smallest absolute Gasteiger partial charge is 0.221 e. The second-order valence-corrected chi connectivity index (χ2v) is 5.32. The monoisotopic (exact) mass is 324 g/mol. The standard InChI is InChI=1S/C12H16N6.C3H8.C2H6.3H2/c13-12-14-6-5-10(16-12)15-11-7-9(17-18-11)8-3-1-2-4-8;1-3-2;1-2;;;/h5-8H,1-4H2,(H4,13,14,15,16,17,18);3H2,1-2H3;1-2H3;3*1H. The third-order valence-electron chi connectivity index (χ3n) is 3.32. The van der Waals surface area contributed by atoms with Gasteiger partial charge in [0.1, 0.15) is 5.82 Å². The molecule has 0 saturated heterocycles. The van der Waals surface area contributed by atoms with Gasteiger partial charge in [-0.2, -0.15) is 10.1 Å². The molecule has 1 fully saturated rings. The second-order valence-electron chi connectivity index (χ2n) is 5.32. The van der Waals surface area contributed by atoms with E-state index >= 15 is 0 Å². The number of H-pyrrole nitrogens is 1. The minimum absolute atomic E-state index is 0. The number of rotatable bonds is 3. The first-order chi connectivity index (χ1) is 11.2. The highest BCUT2D eigenvalue weighted by molar-refractivity contribution is 5.52. The lowest BCUT2D eigenvalue weighted by atomic mass is 10.0. The molecule has 6 nitrogen and oxygen atoms in total. The third kappa shape index (κ3) is 6.26. The summed E-state index contributed by atoms with van der Waals surface area (Å²) < 4.78 is 0. The van der Waals surface area contributed by atoms with E-state index in [-0.39, 0.29) is 10.2 Å². The molecule has 1 aliphatic carbocycles. The minimum Gasteiger partial charge on any atom is -0.368 e. The van der Waals surface area contributed by atoms with E-state index in [1.54, 1.807) is 12.3 Å². The van der Waals surface area contributed by atoms with Crippen LogP contribution in [0.25, 0.3) is 0 Å². The van der Waals surface area contributed by atoms with Gasteiger partial charge in [-0.1, -0.05) is 47.0 Å². The van der Waals surface area contributed by atoms with Crippen molar-refractivity contribution in [1.29, 1.82) is 0 Å². The van der Waals surface area contributed by atoms with Crippen LogP contribution in [-0.4, -0.2) is 20.2 Å². The van der Waals surface area contributed by atoms with Crippen LogP contribution >= 0.6 is 0 Å². The zero-order chi connectivity index (χ0) is 17.1. The van der Waals surface area contributed by atoms with Gasteiger partial charge in [-0.3, -0.25) is 5.10 Å². The van der Waals surface area contributed by atoms with Crippen LogP contribution < -0.4 is 11.1 Å². The lowest BCUT2D eigenvalue weighted by molar-refractivity contribution is 0.693. The van der Waals surface area contributed by atoms with Crippen molar-refractivity contribution in [2.75, 3.05) is 11.1 Å². The van der Waals surface area contributed by atoms with E-state index in [1.807, 2.05) is 19.9 Å². The third-order valence-corrected chi connectivity index (χ3v) is 3.32. The van der Waals surface area contributed by atoms with Gasteiger partial charge in [-0.15, -0.1) is 0 Å². The van der Waals surface area contributed by atoms with Gasteiger partial charge in [0, 0.05) is 28.2 Å². The molecule has 0 atom stereocenters. The topological polar surface area (TPSA) is 92.5 Å². The van der Waals surface area contributed by atoms with Crippen LogP contribution in [0.4, 0.5) is 17.6 Å². The summed E-state index contributed by atoms with van der Waals surface area (Å²) in [5.41, 5.74) is 6.73. The Morgan fingerprint density at radius 2 is 1.91 bits per heavy atom. The maximum atomic E-state index is 5.53. The lowest BCUT2D eigenvalue weighted by Gasteiger charge is -2.03. The molecule has 0 unspecified atom stereocenters. The highest BCUT2D eigenvalue weighted by atomic mass is 15.2. The Kier molecular flexibility index (Phi) is 8.72. The van der Waals surface area contributed by atoms with Gasteiger partial charge in [0.05, 0.1) is 0 Å². The van der Waals surface area contributed by atoms with Gasteiger partial charge in [-0.25, -0.2) is 4.98 Å². The fourth-order valence-electron chi connectivity index (χ4n) is 2.42. The molecule has 6 heteroatoms. The maximum absolute atomic E-state index is 5.53. The zero-order valence-corrected chi connectivity index (χ0v) is 14.8. The fraction of sp³-hybridized carbons (Fsp3) is 0.588. The predicted molar refractivity (Wildman–Crippen MR) is 103 cm³/mol. The highest BCUT2D eigenvalue weighted by Crippen LogP contribution is 2.33. The lowest BCUT2D eigenvalue weighted by Crippen LogP contribution is -1.99. The van der Waals surface area contributed by atoms with Crippen molar-refractivity contribution >= 4 is 17.6 Å². The average molecular weight is 325 g/mol. The van der Waals surface area contributed by atoms with E-state index in [1.165, 1.54) is 37.8 Å². The SMILES string of the molecule is CC.CCC.Nc1nccc(Nc2cc(C3CCCC3)[nH]n2)n1.[HH].[HH].[HH]. The number of nitrogens with zero attached hydrogens (tertiary/aromatic N) is 3. The Hall–Kier alpha value is -2.11. The van der Waals surface area contributed by atoms with Crippen LogP contribution in [0.1, 0.15) is 75.7 Å². The van der Waals surface area contributed by atoms with Gasteiger partial charge >= 0.3 is 0 Å². The molecule has 4 N–H and O–H groups in total. The van der Waals surface area contributed by atoms with Crippen LogP contribution in [0.5, 0.6) is 0 Å². The minimum atomic E-state index is 0. The van der Waals surface area contributed by atoms with Crippen molar-refractivity contribution < 1.29 is 4.28 Å². The Bertz CT molecular complexity index is 559. The van der Waals surface area contributed by atoms with E-state index in [9.17, 15) is 0 Å². The summed E-state index contributed by atoms with van der Waals surface area (Å²) >= 11 is 0. The molecule has 2 aromatic rings. The van der Waals surface area contributed by atoms with Crippen LogP contribution in [0.3, 0.4) is 0 Å². The van der Waals surface area contributed by atoms with Gasteiger partial charge in [-0.05, 0) is 18.9 Å². The van der Waals surface area contributed by atoms with Crippen molar-refractivity contribution in [3.8, 4) is 0 Å². The Labute approximate surface area is 143 Å². The van der Waals surface area contributed by atoms with Gasteiger partial charge < -0.3 is 11.1 Å². The quantitative estimate of drug-likeness (QED) is 0.706. The molecule has 2 aromatic heterocycles. The number of aromatic nitrogens is 4. The summed E-state index contributed by atoms with van der Waals surface area (Å²) in [7, 11) is 0. The molecule has 3 rings (SSSR count). The van der Waals surface area contributed by atoms with E-state index in [2.05, 4.69) is 39.3 Å². The van der Waals surface area contributed by atoms with Crippen LogP contribution in [0.2, 0.25) is 0 Å². The van der Waals surface area contributed by atoms with Crippen molar-refractivity contribution in [1.82, 2.24) is 20.2 Å². The van der Waals surface area contributed by atoms with Gasteiger partial charge in [0.25, 0.3) is 0 Å². The number of hydrogen-bond donors (Lipinski definition) is 3. The molecular weight excluding hydrogens is 288 g/mol. The summed E-state index contributed by atoms with van der Waals surface area (Å²) in [4.78, 5) is 7.93. The molecule has 1 saturated carbocycles. The maximum Gasteiger partial charge on any atom is 0.221 e. The molecule has 1 aliphatic rings. The van der Waals surface area contributed by atoms with E-state index in [0.29, 0.717) is 11.7 Å². The molecule has 0 aliphatic heterocycles. The fourth-order valence-corrected chi connectivity index (χ4v) is 2.42. The van der Waals surface area contributed by atoms with Crippen LogP contribution in [0, 0.1) is 0 Å². The molecule has 0 radical (unpaired) electrons. The summed E-state index contributed by atoms with van der Waals surface area (Å²) in [5, 5.41) is 10.5. The van der Waals surface area contributed by atoms with Crippen molar-refractivity contribution in [3.63, 3.8) is 0 Å². The first kappa shape index (κ1) is 18.9. The predicted octanol–water partition coefficient (Wildman–Crippen LogP) is 5.36. The van der Waals surface area contributed by atoms with Crippen molar-refractivity contribution in [3.05, 3.63) is 24.0 Å². The average Bonchev–Trinajstić information content (AvgIpc) is 3.21. The molecular formula is C17H36N6. The number of hydrogen-bond acceptors (Lipinski definition) is 5. The van der Waals surface area contributed by atoms with Crippen molar-refractivity contribution in [2.24, 2.45) is 0 Å². The second kappa shape index (κ2) is 10.6. The van der Waals surface area contributed by atoms with E-state index < -0.39 is 0 Å². The normalized spacial score (nSPS) is 13.6. The molecule has 2 heterocycles. The first-order valence-electron chi connectivity index (χ1n) is 8.63. The number of nitrogens with two attached hydrogens (primary N) is 1. The number of anilines is 3. The largest absolute Gasteiger partial charge is 0.368 e. The molecule has 134 valence electrons. The first-order valence-corrected chi connectivity index (χ1v) is 8.63. The number of nitrogens with one attached hydrogen (secondary N) is 2. The summed E-state index contributed by atoms with van der Waals surface area (Å²) in [5.74, 6) is 2.32. The van der Waals surface area contributed by atoms with Crippen LogP contribution in [0.15, 0.2) is 18.3 Å². The summed E-state index contributed by atoms with van der Waals surface area (Å²) in [6.07, 6.45) is 8.00. The Balaban J connectivity index is -0.000000605.